The Morgan fingerprint density at radius 2 is 1.68 bits per heavy atom. The van der Waals surface area contributed by atoms with E-state index in [2.05, 4.69) is 24.0 Å². The topological polar surface area (TPSA) is 66.8 Å². The second-order valence-electron chi connectivity index (χ2n) is 5.62. The number of carboxylic acids is 1. The van der Waals surface area contributed by atoms with Crippen molar-refractivity contribution < 1.29 is 20.0 Å². The van der Waals surface area contributed by atoms with Crippen molar-refractivity contribution in [2.24, 2.45) is 0 Å². The third-order valence-corrected chi connectivity index (χ3v) is 3.51. The molecule has 0 bridgehead atoms. The fraction of sp³-hybridized carbons (Fsp3) is 0.722. The fourth-order valence-corrected chi connectivity index (χ4v) is 2.16. The predicted molar refractivity (Wildman–Crippen MR) is 89.9 cm³/mol. The third-order valence-electron chi connectivity index (χ3n) is 3.51. The SMILES string of the molecule is CCCCCC=CC[C@H](C=CCCCCCCC(=O)O)OO. The summed E-state index contributed by atoms with van der Waals surface area (Å²) < 4.78 is 0. The first-order valence-electron chi connectivity index (χ1n) is 8.54. The first kappa shape index (κ1) is 20.9. The average molecular weight is 312 g/mol. The minimum atomic E-state index is -0.717. The molecule has 0 heterocycles. The number of unbranched alkanes of at least 4 members (excludes halogenated alkanes) is 7. The van der Waals surface area contributed by atoms with E-state index in [1.54, 1.807) is 0 Å². The number of carboxylic acid groups (broad SMARTS) is 1. The highest BCUT2D eigenvalue weighted by molar-refractivity contribution is 5.66. The third kappa shape index (κ3) is 15.3. The van der Waals surface area contributed by atoms with Crippen LogP contribution in [0.25, 0.3) is 0 Å². The van der Waals surface area contributed by atoms with E-state index in [0.717, 1.165) is 38.5 Å². The van der Waals surface area contributed by atoms with Gasteiger partial charge in [0.1, 0.15) is 6.10 Å². The van der Waals surface area contributed by atoms with E-state index in [1.165, 1.54) is 19.3 Å². The maximum Gasteiger partial charge on any atom is 0.303 e. The average Bonchev–Trinajstić information content (AvgIpc) is 2.50. The van der Waals surface area contributed by atoms with Gasteiger partial charge < -0.3 is 5.11 Å². The largest absolute Gasteiger partial charge is 0.481 e. The molecule has 0 saturated carbocycles. The Labute approximate surface area is 134 Å². The Bertz CT molecular complexity index is 310. The molecule has 0 aliphatic rings. The standard InChI is InChI=1S/C18H32O4/c1-2-3-4-5-8-11-14-17(22-21)15-12-9-6-7-10-13-16-18(19)20/h8,11-12,15,17,21H,2-7,9-10,13-14,16H2,1H3,(H,19,20)/t17-/m1/s1. The van der Waals surface area contributed by atoms with Crippen LogP contribution in [0, 0.1) is 0 Å². The van der Waals surface area contributed by atoms with E-state index in [9.17, 15) is 4.79 Å². The van der Waals surface area contributed by atoms with Crippen molar-refractivity contribution in [1.82, 2.24) is 0 Å². The summed E-state index contributed by atoms with van der Waals surface area (Å²) in [6.07, 6.45) is 18.4. The zero-order chi connectivity index (χ0) is 16.5. The van der Waals surface area contributed by atoms with Crippen LogP contribution < -0.4 is 0 Å². The lowest BCUT2D eigenvalue weighted by molar-refractivity contribution is -0.264. The van der Waals surface area contributed by atoms with E-state index in [1.807, 2.05) is 12.2 Å². The molecule has 0 aromatic rings. The molecule has 1 atom stereocenters. The molecule has 128 valence electrons. The summed E-state index contributed by atoms with van der Waals surface area (Å²) in [5.74, 6) is -0.717. The first-order chi connectivity index (χ1) is 10.7. The molecule has 0 radical (unpaired) electrons. The summed E-state index contributed by atoms with van der Waals surface area (Å²) in [4.78, 5) is 14.8. The summed E-state index contributed by atoms with van der Waals surface area (Å²) in [5.41, 5.74) is 0. The summed E-state index contributed by atoms with van der Waals surface area (Å²) in [6, 6.07) is 0. The Morgan fingerprint density at radius 1 is 1.00 bits per heavy atom. The van der Waals surface area contributed by atoms with Crippen molar-refractivity contribution in [3.63, 3.8) is 0 Å². The van der Waals surface area contributed by atoms with Crippen LogP contribution in [0.15, 0.2) is 24.3 Å². The van der Waals surface area contributed by atoms with Crippen molar-refractivity contribution in [1.29, 1.82) is 0 Å². The molecule has 22 heavy (non-hydrogen) atoms. The van der Waals surface area contributed by atoms with E-state index in [0.29, 0.717) is 6.42 Å². The van der Waals surface area contributed by atoms with Crippen LogP contribution in [0.1, 0.15) is 77.6 Å². The van der Waals surface area contributed by atoms with Crippen molar-refractivity contribution in [3.05, 3.63) is 24.3 Å². The van der Waals surface area contributed by atoms with Crippen LogP contribution in [-0.2, 0) is 9.68 Å². The molecule has 4 nitrogen and oxygen atoms in total. The number of carbonyl (C=O) groups is 1. The van der Waals surface area contributed by atoms with Crippen LogP contribution >= 0.6 is 0 Å². The van der Waals surface area contributed by atoms with Gasteiger partial charge in [-0.2, -0.15) is 0 Å². The molecular formula is C18H32O4. The lowest BCUT2D eigenvalue weighted by atomic mass is 10.1. The zero-order valence-corrected chi connectivity index (χ0v) is 13.9. The lowest BCUT2D eigenvalue weighted by Crippen LogP contribution is -2.05. The van der Waals surface area contributed by atoms with Crippen molar-refractivity contribution in [2.75, 3.05) is 0 Å². The van der Waals surface area contributed by atoms with Gasteiger partial charge in [-0.3, -0.25) is 10.1 Å². The Hall–Kier alpha value is -1.13. The number of hydrogen-bond donors (Lipinski definition) is 2. The van der Waals surface area contributed by atoms with Crippen LogP contribution in [0.3, 0.4) is 0 Å². The molecule has 0 aromatic heterocycles. The van der Waals surface area contributed by atoms with Crippen LogP contribution in [0.2, 0.25) is 0 Å². The lowest BCUT2D eigenvalue weighted by Gasteiger charge is -2.05. The maximum absolute atomic E-state index is 10.3. The number of aliphatic carboxylic acids is 1. The summed E-state index contributed by atoms with van der Waals surface area (Å²) in [6.45, 7) is 2.19. The van der Waals surface area contributed by atoms with Gasteiger partial charge in [0, 0.05) is 6.42 Å². The first-order valence-corrected chi connectivity index (χ1v) is 8.54. The molecule has 0 fully saturated rings. The molecule has 0 aliphatic heterocycles. The Balaban J connectivity index is 3.59. The number of hydrogen-bond acceptors (Lipinski definition) is 3. The molecule has 0 aromatic carbocycles. The highest BCUT2D eigenvalue weighted by atomic mass is 17.1. The maximum atomic E-state index is 10.3. The normalized spacial score (nSPS) is 13.2. The van der Waals surface area contributed by atoms with Crippen molar-refractivity contribution >= 4 is 5.97 Å². The molecule has 4 heteroatoms. The monoisotopic (exact) mass is 312 g/mol. The van der Waals surface area contributed by atoms with Gasteiger partial charge in [0.25, 0.3) is 0 Å². The van der Waals surface area contributed by atoms with Gasteiger partial charge in [-0.25, -0.2) is 4.89 Å². The quantitative estimate of drug-likeness (QED) is 0.185. The number of allylic oxidation sites excluding steroid dienone is 2. The van der Waals surface area contributed by atoms with Gasteiger partial charge in [-0.15, -0.1) is 0 Å². The van der Waals surface area contributed by atoms with E-state index in [-0.39, 0.29) is 12.5 Å². The molecule has 0 amide bonds. The minimum absolute atomic E-state index is 0.265. The van der Waals surface area contributed by atoms with Gasteiger partial charge in [-0.1, -0.05) is 56.9 Å². The summed E-state index contributed by atoms with van der Waals surface area (Å²) in [7, 11) is 0. The van der Waals surface area contributed by atoms with Crippen LogP contribution in [0.5, 0.6) is 0 Å². The Kier molecular flexibility index (Phi) is 15.4. The van der Waals surface area contributed by atoms with E-state index < -0.39 is 5.97 Å². The van der Waals surface area contributed by atoms with Crippen LogP contribution in [0.4, 0.5) is 0 Å². The van der Waals surface area contributed by atoms with E-state index in [4.69, 9.17) is 10.4 Å². The summed E-state index contributed by atoms with van der Waals surface area (Å²) >= 11 is 0. The van der Waals surface area contributed by atoms with E-state index >= 15 is 0 Å². The highest BCUT2D eigenvalue weighted by Crippen LogP contribution is 2.08. The van der Waals surface area contributed by atoms with Crippen molar-refractivity contribution in [3.8, 4) is 0 Å². The molecule has 0 aliphatic carbocycles. The molecule has 0 spiro atoms. The van der Waals surface area contributed by atoms with Crippen molar-refractivity contribution in [2.45, 2.75) is 83.7 Å². The molecular weight excluding hydrogens is 280 g/mol. The van der Waals surface area contributed by atoms with Gasteiger partial charge in [-0.05, 0) is 38.5 Å². The summed E-state index contributed by atoms with van der Waals surface area (Å²) in [5, 5.41) is 17.4. The van der Waals surface area contributed by atoms with Gasteiger partial charge in [0.15, 0.2) is 0 Å². The van der Waals surface area contributed by atoms with Crippen LogP contribution in [-0.4, -0.2) is 22.4 Å². The zero-order valence-electron chi connectivity index (χ0n) is 13.9. The predicted octanol–water partition coefficient (Wildman–Crippen LogP) is 5.35. The number of rotatable bonds is 15. The second kappa shape index (κ2) is 16.2. The Morgan fingerprint density at radius 3 is 2.36 bits per heavy atom. The molecule has 0 rings (SSSR count). The van der Waals surface area contributed by atoms with Gasteiger partial charge in [0.2, 0.25) is 0 Å². The molecule has 2 N–H and O–H groups in total. The molecule has 0 unspecified atom stereocenters. The molecule has 0 saturated heterocycles. The van der Waals surface area contributed by atoms with Gasteiger partial charge in [0.05, 0.1) is 0 Å². The fourth-order valence-electron chi connectivity index (χ4n) is 2.16. The highest BCUT2D eigenvalue weighted by Gasteiger charge is 2.01. The smallest absolute Gasteiger partial charge is 0.303 e. The van der Waals surface area contributed by atoms with Gasteiger partial charge >= 0.3 is 5.97 Å². The minimum Gasteiger partial charge on any atom is -0.481 e. The second-order valence-corrected chi connectivity index (χ2v) is 5.62.